The van der Waals surface area contributed by atoms with E-state index in [1.807, 2.05) is 18.2 Å². The highest BCUT2D eigenvalue weighted by atomic mass is 127. The molecular formula is C18H28IN3O2S. The van der Waals surface area contributed by atoms with Gasteiger partial charge in [0.25, 0.3) is 0 Å². The van der Waals surface area contributed by atoms with Crippen molar-refractivity contribution in [2.45, 2.75) is 18.7 Å². The Morgan fingerprint density at radius 1 is 1.36 bits per heavy atom. The number of rotatable bonds is 6. The maximum atomic E-state index is 11.9. The van der Waals surface area contributed by atoms with Gasteiger partial charge in [0, 0.05) is 30.3 Å². The Balaban J connectivity index is 0.00000312. The highest BCUT2D eigenvalue weighted by Gasteiger charge is 2.36. The van der Waals surface area contributed by atoms with Crippen molar-refractivity contribution in [3.8, 4) is 0 Å². The number of likely N-dealkylation sites (tertiary alicyclic amines) is 1. The lowest BCUT2D eigenvalue weighted by molar-refractivity contribution is -0.145. The van der Waals surface area contributed by atoms with Crippen LogP contribution in [0.4, 0.5) is 0 Å². The number of methoxy groups -OCH3 is 1. The maximum Gasteiger partial charge on any atom is 0.310 e. The van der Waals surface area contributed by atoms with E-state index in [4.69, 9.17) is 9.73 Å². The quantitative estimate of drug-likeness (QED) is 0.171. The lowest BCUT2D eigenvalue weighted by atomic mass is 9.99. The number of guanidine groups is 1. The number of thioether (sulfide) groups is 1. The van der Waals surface area contributed by atoms with Crippen molar-refractivity contribution in [3.05, 3.63) is 30.3 Å². The van der Waals surface area contributed by atoms with Gasteiger partial charge < -0.3 is 15.0 Å². The molecule has 7 heteroatoms. The molecule has 140 valence electrons. The third-order valence-electron chi connectivity index (χ3n) is 4.12. The van der Waals surface area contributed by atoms with Crippen LogP contribution in [0, 0.1) is 11.8 Å². The zero-order valence-corrected chi connectivity index (χ0v) is 18.3. The van der Waals surface area contributed by atoms with Gasteiger partial charge in [-0.15, -0.1) is 35.7 Å². The molecular weight excluding hydrogens is 449 g/mol. The van der Waals surface area contributed by atoms with Crippen LogP contribution in [-0.4, -0.2) is 55.9 Å². The first-order valence-electron chi connectivity index (χ1n) is 8.44. The summed E-state index contributed by atoms with van der Waals surface area (Å²) in [5.41, 5.74) is 0. The van der Waals surface area contributed by atoms with Crippen LogP contribution in [0.3, 0.4) is 0 Å². The molecule has 2 atom stereocenters. The SMILES string of the molecule is CCNC(=NCCSc1ccccc1)N1CC(C)C(C(=O)OC)C1.I. The number of carbonyl (C=O) groups excluding carboxylic acids is 1. The monoisotopic (exact) mass is 477 g/mol. The molecule has 1 aliphatic heterocycles. The topological polar surface area (TPSA) is 53.9 Å². The number of halogens is 1. The second-order valence-corrected chi connectivity index (χ2v) is 7.08. The minimum Gasteiger partial charge on any atom is -0.469 e. The number of esters is 1. The summed E-state index contributed by atoms with van der Waals surface area (Å²) in [6, 6.07) is 10.4. The summed E-state index contributed by atoms with van der Waals surface area (Å²) in [4.78, 5) is 20.0. The first-order chi connectivity index (χ1) is 11.7. The van der Waals surface area contributed by atoms with E-state index >= 15 is 0 Å². The van der Waals surface area contributed by atoms with Crippen molar-refractivity contribution < 1.29 is 9.53 Å². The first kappa shape index (κ1) is 22.1. The van der Waals surface area contributed by atoms with Gasteiger partial charge in [-0.05, 0) is 25.0 Å². The van der Waals surface area contributed by atoms with Crippen molar-refractivity contribution in [1.29, 1.82) is 0 Å². The molecule has 1 N–H and O–H groups in total. The molecule has 5 nitrogen and oxygen atoms in total. The summed E-state index contributed by atoms with van der Waals surface area (Å²) < 4.78 is 4.91. The van der Waals surface area contributed by atoms with E-state index < -0.39 is 0 Å². The Hall–Kier alpha value is -0.960. The second-order valence-electron chi connectivity index (χ2n) is 5.91. The Morgan fingerprint density at radius 3 is 2.72 bits per heavy atom. The van der Waals surface area contributed by atoms with Gasteiger partial charge in [-0.2, -0.15) is 0 Å². The molecule has 1 aromatic rings. The van der Waals surface area contributed by atoms with E-state index in [-0.39, 0.29) is 41.8 Å². The van der Waals surface area contributed by atoms with E-state index in [0.29, 0.717) is 6.54 Å². The zero-order valence-electron chi connectivity index (χ0n) is 15.1. The smallest absolute Gasteiger partial charge is 0.310 e. The van der Waals surface area contributed by atoms with Crippen LogP contribution < -0.4 is 5.32 Å². The van der Waals surface area contributed by atoms with Crippen molar-refractivity contribution >= 4 is 47.7 Å². The second kappa shape index (κ2) is 11.6. The summed E-state index contributed by atoms with van der Waals surface area (Å²) in [6.45, 7) is 7.22. The van der Waals surface area contributed by atoms with Crippen molar-refractivity contribution in [2.24, 2.45) is 16.8 Å². The number of hydrogen-bond acceptors (Lipinski definition) is 4. The highest BCUT2D eigenvalue weighted by molar-refractivity contribution is 14.0. The largest absolute Gasteiger partial charge is 0.469 e. The summed E-state index contributed by atoms with van der Waals surface area (Å²) in [6.07, 6.45) is 0. The number of ether oxygens (including phenoxy) is 1. The van der Waals surface area contributed by atoms with Crippen LogP contribution in [0.5, 0.6) is 0 Å². The van der Waals surface area contributed by atoms with Gasteiger partial charge in [0.05, 0.1) is 19.6 Å². The van der Waals surface area contributed by atoms with Gasteiger partial charge in [0.1, 0.15) is 0 Å². The number of aliphatic imine (C=N–C) groups is 1. The molecule has 0 aromatic heterocycles. The number of nitrogens with one attached hydrogen (secondary N) is 1. The molecule has 2 rings (SSSR count). The summed E-state index contributed by atoms with van der Waals surface area (Å²) in [5, 5.41) is 3.34. The molecule has 2 unspecified atom stereocenters. The lowest BCUT2D eigenvalue weighted by Gasteiger charge is -2.21. The molecule has 1 aromatic carbocycles. The summed E-state index contributed by atoms with van der Waals surface area (Å²) in [5.74, 6) is 1.91. The third kappa shape index (κ3) is 6.69. The van der Waals surface area contributed by atoms with Crippen LogP contribution in [-0.2, 0) is 9.53 Å². The van der Waals surface area contributed by atoms with E-state index in [1.165, 1.54) is 12.0 Å². The first-order valence-corrected chi connectivity index (χ1v) is 9.43. The van der Waals surface area contributed by atoms with E-state index in [9.17, 15) is 4.79 Å². The standard InChI is InChI=1S/C18H27N3O2S.HI/c1-4-19-18(20-10-11-24-15-8-6-5-7-9-15)21-12-14(2)16(13-21)17(22)23-3;/h5-9,14,16H,4,10-13H2,1-3H3,(H,19,20);1H. The van der Waals surface area contributed by atoms with Crippen LogP contribution in [0.25, 0.3) is 0 Å². The van der Waals surface area contributed by atoms with Crippen molar-refractivity contribution in [1.82, 2.24) is 10.2 Å². The minimum absolute atomic E-state index is 0. The number of benzene rings is 1. The van der Waals surface area contributed by atoms with Crippen LogP contribution in [0.2, 0.25) is 0 Å². The average molecular weight is 477 g/mol. The average Bonchev–Trinajstić information content (AvgIpc) is 2.99. The van der Waals surface area contributed by atoms with Crippen LogP contribution >= 0.6 is 35.7 Å². The van der Waals surface area contributed by atoms with Crippen molar-refractivity contribution in [3.63, 3.8) is 0 Å². The van der Waals surface area contributed by atoms with E-state index in [2.05, 4.69) is 36.2 Å². The van der Waals surface area contributed by atoms with Crippen molar-refractivity contribution in [2.75, 3.05) is 39.0 Å². The molecule has 1 aliphatic rings. The van der Waals surface area contributed by atoms with E-state index in [1.54, 1.807) is 11.8 Å². The zero-order chi connectivity index (χ0) is 17.4. The molecule has 25 heavy (non-hydrogen) atoms. The van der Waals surface area contributed by atoms with Crippen LogP contribution in [0.15, 0.2) is 40.2 Å². The number of hydrogen-bond donors (Lipinski definition) is 1. The molecule has 1 fully saturated rings. The predicted octanol–water partition coefficient (Wildman–Crippen LogP) is 3.10. The number of nitrogens with zero attached hydrogens (tertiary/aromatic N) is 2. The fraction of sp³-hybridized carbons (Fsp3) is 0.556. The molecule has 1 heterocycles. The van der Waals surface area contributed by atoms with E-state index in [0.717, 1.165) is 31.3 Å². The summed E-state index contributed by atoms with van der Waals surface area (Å²) >= 11 is 1.81. The molecule has 0 radical (unpaired) electrons. The van der Waals surface area contributed by atoms with Gasteiger partial charge in [-0.1, -0.05) is 25.1 Å². The normalized spacial score (nSPS) is 20.1. The van der Waals surface area contributed by atoms with Crippen LogP contribution in [0.1, 0.15) is 13.8 Å². The molecule has 0 amide bonds. The Bertz CT molecular complexity index is 557. The number of carbonyl (C=O) groups is 1. The van der Waals surface area contributed by atoms with Gasteiger partial charge in [-0.25, -0.2) is 0 Å². The predicted molar refractivity (Wildman–Crippen MR) is 115 cm³/mol. The maximum absolute atomic E-state index is 11.9. The summed E-state index contributed by atoms with van der Waals surface area (Å²) in [7, 11) is 1.46. The van der Waals surface area contributed by atoms with Gasteiger partial charge >= 0.3 is 5.97 Å². The molecule has 0 aliphatic carbocycles. The third-order valence-corrected chi connectivity index (χ3v) is 5.11. The Kier molecular flexibility index (Phi) is 10.3. The van der Waals surface area contributed by atoms with Gasteiger partial charge in [0.2, 0.25) is 0 Å². The Labute approximate surface area is 172 Å². The molecule has 1 saturated heterocycles. The minimum atomic E-state index is -0.125. The molecule has 0 spiro atoms. The molecule has 0 bridgehead atoms. The van der Waals surface area contributed by atoms with Gasteiger partial charge in [0.15, 0.2) is 5.96 Å². The fourth-order valence-electron chi connectivity index (χ4n) is 2.86. The fourth-order valence-corrected chi connectivity index (χ4v) is 3.62. The lowest BCUT2D eigenvalue weighted by Crippen LogP contribution is -2.40. The molecule has 0 saturated carbocycles. The highest BCUT2D eigenvalue weighted by Crippen LogP contribution is 2.24. The Morgan fingerprint density at radius 2 is 2.08 bits per heavy atom. The van der Waals surface area contributed by atoms with Gasteiger partial charge in [-0.3, -0.25) is 9.79 Å².